The second-order valence-corrected chi connectivity index (χ2v) is 4.26. The Morgan fingerprint density at radius 2 is 1.70 bits per heavy atom. The van der Waals surface area contributed by atoms with E-state index in [1.807, 2.05) is 55.5 Å². The Hall–Kier alpha value is -2.04. The maximum absolute atomic E-state index is 5.90. The van der Waals surface area contributed by atoms with Crippen molar-refractivity contribution in [1.82, 2.24) is 0 Å². The first-order valence-electron chi connectivity index (χ1n) is 6.58. The maximum Gasteiger partial charge on any atom is 0.167 e. The van der Waals surface area contributed by atoms with Crippen molar-refractivity contribution in [3.05, 3.63) is 59.7 Å². The Labute approximate surface area is 119 Å². The summed E-state index contributed by atoms with van der Waals surface area (Å²) in [5, 5.41) is 0. The SMILES string of the molecule is CCOc1cccc(CON)c1OCc1ccccc1. The van der Waals surface area contributed by atoms with Crippen molar-refractivity contribution < 1.29 is 14.3 Å². The van der Waals surface area contributed by atoms with Crippen molar-refractivity contribution in [2.24, 2.45) is 5.90 Å². The van der Waals surface area contributed by atoms with Crippen LogP contribution in [-0.4, -0.2) is 6.61 Å². The van der Waals surface area contributed by atoms with Gasteiger partial charge in [-0.15, -0.1) is 0 Å². The number of ether oxygens (including phenoxy) is 2. The first-order valence-corrected chi connectivity index (χ1v) is 6.58. The molecule has 2 aromatic rings. The fourth-order valence-electron chi connectivity index (χ4n) is 1.93. The van der Waals surface area contributed by atoms with Gasteiger partial charge in [-0.1, -0.05) is 42.5 Å². The van der Waals surface area contributed by atoms with Crippen molar-refractivity contribution in [2.45, 2.75) is 20.1 Å². The average Bonchev–Trinajstić information content (AvgIpc) is 2.48. The van der Waals surface area contributed by atoms with Crippen molar-refractivity contribution in [3.63, 3.8) is 0 Å². The van der Waals surface area contributed by atoms with Gasteiger partial charge >= 0.3 is 0 Å². The number of nitrogens with two attached hydrogens (primary N) is 1. The number of para-hydroxylation sites is 1. The van der Waals surface area contributed by atoms with Crippen molar-refractivity contribution >= 4 is 0 Å². The lowest BCUT2D eigenvalue weighted by Gasteiger charge is -2.15. The van der Waals surface area contributed by atoms with Crippen LogP contribution >= 0.6 is 0 Å². The highest BCUT2D eigenvalue weighted by Crippen LogP contribution is 2.32. The number of hydrogen-bond acceptors (Lipinski definition) is 4. The first-order chi connectivity index (χ1) is 9.85. The van der Waals surface area contributed by atoms with Gasteiger partial charge in [-0.05, 0) is 18.6 Å². The molecule has 0 unspecified atom stereocenters. The molecule has 4 heteroatoms. The van der Waals surface area contributed by atoms with Gasteiger partial charge in [0.2, 0.25) is 0 Å². The normalized spacial score (nSPS) is 10.3. The summed E-state index contributed by atoms with van der Waals surface area (Å²) in [6.45, 7) is 3.27. The Bertz CT molecular complexity index is 504. The molecule has 0 atom stereocenters. The highest BCUT2D eigenvalue weighted by atomic mass is 16.6. The summed E-state index contributed by atoms with van der Waals surface area (Å²) in [5.41, 5.74) is 1.97. The van der Waals surface area contributed by atoms with Crippen LogP contribution in [0, 0.1) is 0 Å². The zero-order valence-electron chi connectivity index (χ0n) is 11.5. The van der Waals surface area contributed by atoms with Gasteiger partial charge in [-0.25, -0.2) is 5.90 Å². The van der Waals surface area contributed by atoms with Crippen molar-refractivity contribution in [1.29, 1.82) is 0 Å². The van der Waals surface area contributed by atoms with Gasteiger partial charge in [0.1, 0.15) is 6.61 Å². The van der Waals surface area contributed by atoms with E-state index in [0.29, 0.717) is 24.7 Å². The third-order valence-electron chi connectivity index (χ3n) is 2.83. The van der Waals surface area contributed by atoms with Gasteiger partial charge in [0.05, 0.1) is 13.2 Å². The largest absolute Gasteiger partial charge is 0.490 e. The molecule has 106 valence electrons. The minimum atomic E-state index is 0.283. The summed E-state index contributed by atoms with van der Waals surface area (Å²) >= 11 is 0. The third kappa shape index (κ3) is 3.73. The molecular formula is C16H19NO3. The van der Waals surface area contributed by atoms with Gasteiger partial charge < -0.3 is 9.47 Å². The van der Waals surface area contributed by atoms with Gasteiger partial charge in [-0.2, -0.15) is 0 Å². The number of rotatable bonds is 7. The molecule has 0 amide bonds. The topological polar surface area (TPSA) is 53.7 Å². The second kappa shape index (κ2) is 7.53. The van der Waals surface area contributed by atoms with E-state index in [9.17, 15) is 0 Å². The lowest BCUT2D eigenvalue weighted by molar-refractivity contribution is 0.120. The minimum absolute atomic E-state index is 0.283. The molecule has 0 aliphatic carbocycles. The van der Waals surface area contributed by atoms with Crippen LogP contribution < -0.4 is 15.4 Å². The standard InChI is InChI=1S/C16H19NO3/c1-2-18-15-10-6-9-14(12-20-17)16(15)19-11-13-7-4-3-5-8-13/h3-10H,2,11-12,17H2,1H3. The van der Waals surface area contributed by atoms with Gasteiger partial charge in [0, 0.05) is 5.56 Å². The fraction of sp³-hybridized carbons (Fsp3) is 0.250. The fourth-order valence-corrected chi connectivity index (χ4v) is 1.93. The van der Waals surface area contributed by atoms with Crippen molar-refractivity contribution in [2.75, 3.05) is 6.61 Å². The van der Waals surface area contributed by atoms with Crippen LogP contribution in [0.5, 0.6) is 11.5 Å². The summed E-state index contributed by atoms with van der Waals surface area (Å²) in [7, 11) is 0. The molecule has 2 N–H and O–H groups in total. The van der Waals surface area contributed by atoms with Crippen LogP contribution in [0.3, 0.4) is 0 Å². The van der Waals surface area contributed by atoms with Gasteiger partial charge in [-0.3, -0.25) is 4.84 Å². The molecule has 0 saturated carbocycles. The first kappa shape index (κ1) is 14.4. The Morgan fingerprint density at radius 1 is 0.900 bits per heavy atom. The summed E-state index contributed by atoms with van der Waals surface area (Å²) < 4.78 is 11.5. The molecule has 0 saturated heterocycles. The highest BCUT2D eigenvalue weighted by Gasteiger charge is 2.11. The van der Waals surface area contributed by atoms with Crippen LogP contribution in [0.15, 0.2) is 48.5 Å². The molecule has 0 aromatic heterocycles. The molecule has 0 bridgehead atoms. The van der Waals surface area contributed by atoms with E-state index in [4.69, 9.17) is 20.2 Å². The molecule has 4 nitrogen and oxygen atoms in total. The predicted octanol–water partition coefficient (Wildman–Crippen LogP) is 3.05. The van der Waals surface area contributed by atoms with Crippen molar-refractivity contribution in [3.8, 4) is 11.5 Å². The maximum atomic E-state index is 5.90. The molecule has 0 aliphatic heterocycles. The molecule has 2 rings (SSSR count). The lowest BCUT2D eigenvalue weighted by Crippen LogP contribution is -2.05. The van der Waals surface area contributed by atoms with E-state index in [-0.39, 0.29) is 6.61 Å². The monoisotopic (exact) mass is 273 g/mol. The van der Waals surface area contributed by atoms with E-state index in [2.05, 4.69) is 0 Å². The van der Waals surface area contributed by atoms with Crippen LogP contribution in [0.1, 0.15) is 18.1 Å². The van der Waals surface area contributed by atoms with E-state index in [1.54, 1.807) is 0 Å². The molecule has 2 aromatic carbocycles. The zero-order chi connectivity index (χ0) is 14.2. The summed E-state index contributed by atoms with van der Waals surface area (Å²) in [4.78, 5) is 4.72. The molecule has 0 aliphatic rings. The lowest BCUT2D eigenvalue weighted by atomic mass is 10.2. The Balaban J connectivity index is 2.18. The summed E-state index contributed by atoms with van der Waals surface area (Å²) in [5.74, 6) is 6.55. The number of hydrogen-bond donors (Lipinski definition) is 1. The van der Waals surface area contributed by atoms with E-state index < -0.39 is 0 Å². The molecular weight excluding hydrogens is 254 g/mol. The van der Waals surface area contributed by atoms with Crippen LogP contribution in [0.2, 0.25) is 0 Å². The summed E-state index contributed by atoms with van der Waals surface area (Å²) in [6.07, 6.45) is 0. The predicted molar refractivity (Wildman–Crippen MR) is 77.4 cm³/mol. The average molecular weight is 273 g/mol. The molecule has 20 heavy (non-hydrogen) atoms. The minimum Gasteiger partial charge on any atom is -0.490 e. The quantitative estimate of drug-likeness (QED) is 0.788. The van der Waals surface area contributed by atoms with E-state index >= 15 is 0 Å². The van der Waals surface area contributed by atoms with E-state index in [0.717, 1.165) is 11.1 Å². The number of benzene rings is 2. The molecule has 0 heterocycles. The van der Waals surface area contributed by atoms with Crippen LogP contribution in [-0.2, 0) is 18.1 Å². The highest BCUT2D eigenvalue weighted by molar-refractivity contribution is 5.46. The second-order valence-electron chi connectivity index (χ2n) is 4.26. The molecule has 0 fully saturated rings. The molecule has 0 radical (unpaired) electrons. The summed E-state index contributed by atoms with van der Waals surface area (Å²) in [6, 6.07) is 15.7. The van der Waals surface area contributed by atoms with Gasteiger partial charge in [0.15, 0.2) is 11.5 Å². The third-order valence-corrected chi connectivity index (χ3v) is 2.83. The van der Waals surface area contributed by atoms with Gasteiger partial charge in [0.25, 0.3) is 0 Å². The van der Waals surface area contributed by atoms with Crippen LogP contribution in [0.4, 0.5) is 0 Å². The Kier molecular flexibility index (Phi) is 5.41. The molecule has 0 spiro atoms. The Morgan fingerprint density at radius 3 is 2.40 bits per heavy atom. The zero-order valence-corrected chi connectivity index (χ0v) is 11.5. The van der Waals surface area contributed by atoms with E-state index in [1.165, 1.54) is 0 Å². The smallest absolute Gasteiger partial charge is 0.167 e. The van der Waals surface area contributed by atoms with Crippen LogP contribution in [0.25, 0.3) is 0 Å².